The van der Waals surface area contributed by atoms with Crippen molar-refractivity contribution in [2.75, 3.05) is 13.1 Å². The van der Waals surface area contributed by atoms with Crippen LogP contribution in [0.1, 0.15) is 49.5 Å². The molecule has 0 unspecified atom stereocenters. The number of rotatable bonds is 3. The number of hydrogen-bond donors (Lipinski definition) is 0. The predicted octanol–water partition coefficient (Wildman–Crippen LogP) is 5.07. The molecule has 2 aliphatic rings. The van der Waals surface area contributed by atoms with Crippen LogP contribution in [-0.2, 0) is 0 Å². The highest BCUT2D eigenvalue weighted by Gasteiger charge is 2.28. The number of benzene rings is 1. The average Bonchev–Trinajstić information content (AvgIpc) is 3.27. The number of hydrogen-bond acceptors (Lipinski definition) is 3. The van der Waals surface area contributed by atoms with Crippen molar-refractivity contribution in [1.29, 1.82) is 0 Å². The van der Waals surface area contributed by atoms with Crippen LogP contribution < -0.4 is 0 Å². The highest BCUT2D eigenvalue weighted by atomic mass is 32.1. The summed E-state index contributed by atoms with van der Waals surface area (Å²) in [4.78, 5) is 7.50. The molecule has 4 rings (SSSR count). The summed E-state index contributed by atoms with van der Waals surface area (Å²) >= 11 is 1.74. The molecule has 1 aliphatic heterocycles. The Bertz CT molecular complexity index is 655. The van der Waals surface area contributed by atoms with Gasteiger partial charge in [0.25, 0.3) is 0 Å². The number of likely N-dealkylation sites (tertiary alicyclic amines) is 1. The van der Waals surface area contributed by atoms with E-state index in [0.29, 0.717) is 5.92 Å². The molecular weight excluding hydrogens is 307 g/mol. The molecule has 2 heterocycles. The molecule has 0 N–H and O–H groups in total. The molecule has 0 amide bonds. The van der Waals surface area contributed by atoms with Crippen molar-refractivity contribution < 1.29 is 4.39 Å². The van der Waals surface area contributed by atoms with Crippen LogP contribution in [0.15, 0.2) is 29.6 Å². The summed E-state index contributed by atoms with van der Waals surface area (Å²) < 4.78 is 13.4. The third-order valence-corrected chi connectivity index (χ3v) is 6.37. The Morgan fingerprint density at radius 1 is 1.09 bits per heavy atom. The molecule has 0 bridgehead atoms. The topological polar surface area (TPSA) is 16.1 Å². The van der Waals surface area contributed by atoms with E-state index in [1.54, 1.807) is 23.5 Å². The summed E-state index contributed by atoms with van der Waals surface area (Å²) in [7, 11) is 0. The molecule has 1 saturated heterocycles. The van der Waals surface area contributed by atoms with Gasteiger partial charge < -0.3 is 4.90 Å². The van der Waals surface area contributed by atoms with Gasteiger partial charge >= 0.3 is 0 Å². The predicted molar refractivity (Wildman–Crippen MR) is 93.3 cm³/mol. The molecule has 1 aliphatic carbocycles. The smallest absolute Gasteiger partial charge is 0.123 e. The van der Waals surface area contributed by atoms with Crippen molar-refractivity contribution in [1.82, 2.24) is 9.88 Å². The summed E-state index contributed by atoms with van der Waals surface area (Å²) in [5.41, 5.74) is 1.80. The minimum absolute atomic E-state index is 0.193. The summed E-state index contributed by atoms with van der Waals surface area (Å²) in [5.74, 6) is 0.391. The van der Waals surface area contributed by atoms with Gasteiger partial charge in [-0.1, -0.05) is 25.0 Å². The van der Waals surface area contributed by atoms with Gasteiger partial charge in [-0.2, -0.15) is 0 Å². The van der Waals surface area contributed by atoms with Crippen LogP contribution in [0.25, 0.3) is 11.3 Å². The first-order valence-electron chi connectivity index (χ1n) is 8.75. The molecule has 0 radical (unpaired) electrons. The minimum Gasteiger partial charge on any atom is -0.300 e. The van der Waals surface area contributed by atoms with Gasteiger partial charge in [-0.15, -0.1) is 11.3 Å². The van der Waals surface area contributed by atoms with Gasteiger partial charge in [0.2, 0.25) is 0 Å². The molecule has 0 spiro atoms. The quantitative estimate of drug-likeness (QED) is 0.781. The largest absolute Gasteiger partial charge is 0.300 e. The van der Waals surface area contributed by atoms with Gasteiger partial charge in [-0.25, -0.2) is 9.37 Å². The molecule has 1 aromatic heterocycles. The Kier molecular flexibility index (Phi) is 4.45. The second-order valence-electron chi connectivity index (χ2n) is 6.83. The van der Waals surface area contributed by atoms with E-state index in [4.69, 9.17) is 4.98 Å². The van der Waals surface area contributed by atoms with E-state index in [9.17, 15) is 4.39 Å². The summed E-state index contributed by atoms with van der Waals surface area (Å²) in [6, 6.07) is 7.58. The Morgan fingerprint density at radius 2 is 1.87 bits per heavy atom. The van der Waals surface area contributed by atoms with Crippen LogP contribution >= 0.6 is 11.3 Å². The molecule has 4 heteroatoms. The van der Waals surface area contributed by atoms with Crippen molar-refractivity contribution in [3.63, 3.8) is 0 Å². The number of aromatic nitrogens is 1. The Balaban J connectivity index is 1.42. The number of thiazole rings is 1. The van der Waals surface area contributed by atoms with Crippen LogP contribution in [0.4, 0.5) is 4.39 Å². The van der Waals surface area contributed by atoms with Crippen molar-refractivity contribution in [3.05, 3.63) is 40.5 Å². The monoisotopic (exact) mass is 330 g/mol. The van der Waals surface area contributed by atoms with Crippen LogP contribution in [0.3, 0.4) is 0 Å². The summed E-state index contributed by atoms with van der Waals surface area (Å²) in [6.07, 6.45) is 8.04. The van der Waals surface area contributed by atoms with Gasteiger partial charge in [0.1, 0.15) is 5.82 Å². The SMILES string of the molecule is Fc1cccc(-c2csc(C3CCN(C4CCCC4)CC3)n2)c1. The second-order valence-corrected chi connectivity index (χ2v) is 7.72. The van der Waals surface area contributed by atoms with Crippen LogP contribution in [-0.4, -0.2) is 29.0 Å². The molecule has 122 valence electrons. The highest BCUT2D eigenvalue weighted by molar-refractivity contribution is 7.10. The lowest BCUT2D eigenvalue weighted by Crippen LogP contribution is -2.39. The van der Waals surface area contributed by atoms with Gasteiger partial charge in [-0.3, -0.25) is 0 Å². The lowest BCUT2D eigenvalue weighted by Gasteiger charge is -2.35. The third kappa shape index (κ3) is 3.33. The zero-order valence-corrected chi connectivity index (χ0v) is 14.2. The van der Waals surface area contributed by atoms with E-state index >= 15 is 0 Å². The van der Waals surface area contributed by atoms with E-state index < -0.39 is 0 Å². The fourth-order valence-corrected chi connectivity index (χ4v) is 5.04. The Labute approximate surface area is 141 Å². The van der Waals surface area contributed by atoms with E-state index in [0.717, 1.165) is 17.3 Å². The van der Waals surface area contributed by atoms with Gasteiger partial charge in [0.15, 0.2) is 0 Å². The number of piperidine rings is 1. The van der Waals surface area contributed by atoms with Gasteiger partial charge in [0, 0.05) is 22.9 Å². The van der Waals surface area contributed by atoms with Crippen LogP contribution in [0, 0.1) is 5.82 Å². The van der Waals surface area contributed by atoms with Gasteiger partial charge in [-0.05, 0) is 50.9 Å². The van der Waals surface area contributed by atoms with Crippen LogP contribution in [0.2, 0.25) is 0 Å². The molecule has 2 nitrogen and oxygen atoms in total. The molecule has 23 heavy (non-hydrogen) atoms. The maximum Gasteiger partial charge on any atom is 0.123 e. The first-order valence-corrected chi connectivity index (χ1v) is 9.63. The molecular formula is C19H23FN2S. The maximum absolute atomic E-state index is 13.4. The van der Waals surface area contributed by atoms with E-state index in [1.807, 2.05) is 6.07 Å². The van der Waals surface area contributed by atoms with Crippen LogP contribution in [0.5, 0.6) is 0 Å². The van der Waals surface area contributed by atoms with Crippen molar-refractivity contribution in [2.45, 2.75) is 50.5 Å². The Morgan fingerprint density at radius 3 is 2.61 bits per heavy atom. The first-order chi connectivity index (χ1) is 11.3. The second kappa shape index (κ2) is 6.70. The number of halogens is 1. The normalized spacial score (nSPS) is 21.1. The third-order valence-electron chi connectivity index (χ3n) is 5.36. The van der Waals surface area contributed by atoms with Crippen molar-refractivity contribution in [2.24, 2.45) is 0 Å². The fourth-order valence-electron chi connectivity index (χ4n) is 4.04. The zero-order valence-electron chi connectivity index (χ0n) is 13.4. The number of nitrogens with zero attached hydrogens (tertiary/aromatic N) is 2. The lowest BCUT2D eigenvalue weighted by atomic mass is 9.96. The van der Waals surface area contributed by atoms with Crippen molar-refractivity contribution in [3.8, 4) is 11.3 Å². The highest BCUT2D eigenvalue weighted by Crippen LogP contribution is 2.35. The molecule has 2 fully saturated rings. The fraction of sp³-hybridized carbons (Fsp3) is 0.526. The standard InChI is InChI=1S/C19H23FN2S/c20-16-5-3-4-15(12-16)18-13-23-19(21-18)14-8-10-22(11-9-14)17-6-1-2-7-17/h3-5,12-14,17H,1-2,6-11H2. The van der Waals surface area contributed by atoms with E-state index in [1.165, 1.54) is 62.7 Å². The summed E-state index contributed by atoms with van der Waals surface area (Å²) in [5, 5.41) is 3.31. The minimum atomic E-state index is -0.193. The van der Waals surface area contributed by atoms with Crippen molar-refractivity contribution >= 4 is 11.3 Å². The summed E-state index contributed by atoms with van der Waals surface area (Å²) in [6.45, 7) is 2.43. The zero-order chi connectivity index (χ0) is 15.6. The lowest BCUT2D eigenvalue weighted by molar-refractivity contribution is 0.154. The van der Waals surface area contributed by atoms with E-state index in [-0.39, 0.29) is 5.82 Å². The first kappa shape index (κ1) is 15.3. The molecule has 2 aromatic rings. The Hall–Kier alpha value is -1.26. The average molecular weight is 330 g/mol. The molecule has 1 saturated carbocycles. The van der Waals surface area contributed by atoms with Gasteiger partial charge in [0.05, 0.1) is 10.7 Å². The molecule has 0 atom stereocenters. The maximum atomic E-state index is 13.4. The van der Waals surface area contributed by atoms with E-state index in [2.05, 4.69) is 10.3 Å². The molecule has 1 aromatic carbocycles.